The highest BCUT2D eigenvalue weighted by Gasteiger charge is 2.17. The minimum atomic E-state index is -1.20. The molecule has 0 unspecified atom stereocenters. The van der Waals surface area contributed by atoms with E-state index in [1.54, 1.807) is 18.2 Å². The second kappa shape index (κ2) is 7.89. The van der Waals surface area contributed by atoms with Gasteiger partial charge in [0, 0.05) is 29.1 Å². The van der Waals surface area contributed by atoms with Gasteiger partial charge in [0.05, 0.1) is 0 Å². The lowest BCUT2D eigenvalue weighted by molar-refractivity contribution is -0.141. The van der Waals surface area contributed by atoms with Crippen molar-refractivity contribution in [2.45, 2.75) is 12.5 Å². The van der Waals surface area contributed by atoms with Crippen LogP contribution in [0.1, 0.15) is 12.0 Å². The van der Waals surface area contributed by atoms with Crippen LogP contribution in [0.4, 0.5) is 0 Å². The number of aliphatic carboxylic acids is 1. The number of hydrogen-bond acceptors (Lipinski definition) is 3. The number of hydrogen-bond donors (Lipinski definition) is 3. The summed E-state index contributed by atoms with van der Waals surface area (Å²) < 4.78 is 0. The Morgan fingerprint density at radius 3 is 2.35 bits per heavy atom. The molecule has 5 nitrogen and oxygen atoms in total. The fourth-order valence-corrected chi connectivity index (χ4v) is 1.99. The maximum absolute atomic E-state index is 11.6. The van der Waals surface area contributed by atoms with Gasteiger partial charge < -0.3 is 15.5 Å². The lowest BCUT2D eigenvalue weighted by Gasteiger charge is -2.11. The van der Waals surface area contributed by atoms with E-state index in [0.717, 1.165) is 0 Å². The fourth-order valence-electron chi connectivity index (χ4n) is 1.45. The molecule has 0 aliphatic heterocycles. The zero-order valence-corrected chi connectivity index (χ0v) is 11.9. The van der Waals surface area contributed by atoms with Crippen molar-refractivity contribution in [3.8, 4) is 0 Å². The second-order valence-corrected chi connectivity index (χ2v) is 4.82. The predicted molar refractivity (Wildman–Crippen MR) is 76.8 cm³/mol. The molecule has 0 radical (unpaired) electrons. The molecule has 0 aliphatic rings. The highest BCUT2D eigenvalue weighted by Crippen LogP contribution is 2.19. The number of nitrogens with one attached hydrogen (secondary N) is 1. The molecule has 0 fully saturated rings. The highest BCUT2D eigenvalue weighted by molar-refractivity contribution is 6.34. The first-order chi connectivity index (χ1) is 9.42. The minimum absolute atomic E-state index is 0.0576. The normalized spacial score (nSPS) is 12.3. The third-order valence-corrected chi connectivity index (χ3v) is 2.78. The van der Waals surface area contributed by atoms with Crippen LogP contribution >= 0.6 is 23.2 Å². The van der Waals surface area contributed by atoms with Crippen molar-refractivity contribution >= 4 is 41.2 Å². The van der Waals surface area contributed by atoms with Gasteiger partial charge in [0.1, 0.15) is 6.04 Å². The quantitative estimate of drug-likeness (QED) is 0.700. The Labute approximate surface area is 125 Å². The molecule has 1 atom stereocenters. The first-order valence-electron chi connectivity index (χ1n) is 5.70. The molecular formula is C13H13Cl2NO4. The van der Waals surface area contributed by atoms with Crippen LogP contribution in [0.15, 0.2) is 24.3 Å². The Morgan fingerprint density at radius 2 is 1.85 bits per heavy atom. The maximum Gasteiger partial charge on any atom is 0.326 e. The molecule has 108 valence electrons. The first kappa shape index (κ1) is 16.5. The summed E-state index contributed by atoms with van der Waals surface area (Å²) in [6.07, 6.45) is 2.58. The smallest absolute Gasteiger partial charge is 0.326 e. The zero-order valence-electron chi connectivity index (χ0n) is 10.3. The average Bonchev–Trinajstić information content (AvgIpc) is 2.34. The third kappa shape index (κ3) is 5.61. The summed E-state index contributed by atoms with van der Waals surface area (Å²) >= 11 is 11.6. The van der Waals surface area contributed by atoms with Crippen molar-refractivity contribution in [1.29, 1.82) is 0 Å². The molecule has 3 N–H and O–H groups in total. The van der Waals surface area contributed by atoms with E-state index in [1.165, 1.54) is 12.2 Å². The largest absolute Gasteiger partial charge is 0.480 e. The van der Waals surface area contributed by atoms with Gasteiger partial charge >= 0.3 is 5.97 Å². The Balaban J connectivity index is 2.69. The molecule has 20 heavy (non-hydrogen) atoms. The van der Waals surface area contributed by atoms with Crippen molar-refractivity contribution in [3.05, 3.63) is 39.9 Å². The summed E-state index contributed by atoms with van der Waals surface area (Å²) in [7, 11) is 0. The maximum atomic E-state index is 11.6. The number of carbonyl (C=O) groups excluding carboxylic acids is 1. The average molecular weight is 318 g/mol. The number of benzene rings is 1. The van der Waals surface area contributed by atoms with Crippen molar-refractivity contribution in [1.82, 2.24) is 5.32 Å². The van der Waals surface area contributed by atoms with Gasteiger partial charge in [-0.05, 0) is 29.8 Å². The van der Waals surface area contributed by atoms with Crippen molar-refractivity contribution in [3.63, 3.8) is 0 Å². The number of rotatable bonds is 6. The van der Waals surface area contributed by atoms with Gasteiger partial charge in [-0.1, -0.05) is 23.2 Å². The number of carboxylic acid groups (broad SMARTS) is 1. The van der Waals surface area contributed by atoms with Crippen LogP contribution in [0, 0.1) is 0 Å². The van der Waals surface area contributed by atoms with Crippen molar-refractivity contribution in [2.24, 2.45) is 0 Å². The number of aliphatic hydroxyl groups is 1. The van der Waals surface area contributed by atoms with Crippen LogP contribution in [0.2, 0.25) is 10.0 Å². The number of aliphatic hydroxyl groups excluding tert-OH is 1. The second-order valence-electron chi connectivity index (χ2n) is 3.95. The standard InChI is InChI=1S/C13H13Cl2NO4/c14-9-5-8(6-10(15)7-9)1-2-12(18)16-11(3-4-17)13(19)20/h1-2,5-7,11,17H,3-4H2,(H,16,18)(H,19,20)/b2-1+/t11-/m1/s1. The van der Waals surface area contributed by atoms with Gasteiger partial charge in [-0.2, -0.15) is 0 Å². The zero-order chi connectivity index (χ0) is 15.1. The van der Waals surface area contributed by atoms with E-state index in [1.807, 2.05) is 0 Å². The lowest BCUT2D eigenvalue weighted by atomic mass is 10.2. The van der Waals surface area contributed by atoms with Crippen LogP contribution in [0.25, 0.3) is 6.08 Å². The van der Waals surface area contributed by atoms with Gasteiger partial charge in [0.2, 0.25) is 5.91 Å². The van der Waals surface area contributed by atoms with Crippen LogP contribution in [-0.2, 0) is 9.59 Å². The Hall–Kier alpha value is -1.56. The molecule has 1 aromatic rings. The first-order valence-corrected chi connectivity index (χ1v) is 6.46. The van der Waals surface area contributed by atoms with Gasteiger partial charge in [0.25, 0.3) is 0 Å². The third-order valence-electron chi connectivity index (χ3n) is 2.34. The van der Waals surface area contributed by atoms with Gasteiger partial charge in [-0.3, -0.25) is 4.79 Å². The van der Waals surface area contributed by atoms with Crippen LogP contribution in [-0.4, -0.2) is 34.7 Å². The van der Waals surface area contributed by atoms with Crippen LogP contribution in [0.3, 0.4) is 0 Å². The van der Waals surface area contributed by atoms with E-state index in [4.69, 9.17) is 33.4 Å². The Kier molecular flexibility index (Phi) is 6.51. The van der Waals surface area contributed by atoms with E-state index in [-0.39, 0.29) is 13.0 Å². The Morgan fingerprint density at radius 1 is 1.25 bits per heavy atom. The summed E-state index contributed by atoms with van der Waals surface area (Å²) in [4.78, 5) is 22.4. The van der Waals surface area contributed by atoms with Crippen molar-refractivity contribution < 1.29 is 19.8 Å². The monoisotopic (exact) mass is 317 g/mol. The number of amides is 1. The molecule has 0 bridgehead atoms. The number of halogens is 2. The summed E-state index contributed by atoms with van der Waals surface area (Å²) in [6, 6.07) is 3.65. The minimum Gasteiger partial charge on any atom is -0.480 e. The summed E-state index contributed by atoms with van der Waals surface area (Å²) in [5, 5.41) is 20.7. The number of carbonyl (C=O) groups is 2. The van der Waals surface area contributed by atoms with Crippen LogP contribution in [0.5, 0.6) is 0 Å². The number of carboxylic acids is 1. The van der Waals surface area contributed by atoms with E-state index < -0.39 is 17.9 Å². The molecule has 0 aromatic heterocycles. The summed E-state index contributed by atoms with van der Waals surface area (Å²) in [6.45, 7) is -0.329. The molecule has 0 heterocycles. The molecule has 0 aliphatic carbocycles. The van der Waals surface area contributed by atoms with Crippen LogP contribution < -0.4 is 5.32 Å². The van der Waals surface area contributed by atoms with E-state index >= 15 is 0 Å². The molecule has 1 rings (SSSR count). The van der Waals surface area contributed by atoms with E-state index in [0.29, 0.717) is 15.6 Å². The molecule has 1 amide bonds. The van der Waals surface area contributed by atoms with E-state index in [2.05, 4.69) is 5.32 Å². The van der Waals surface area contributed by atoms with Gasteiger partial charge in [0.15, 0.2) is 0 Å². The fraction of sp³-hybridized carbons (Fsp3) is 0.231. The lowest BCUT2D eigenvalue weighted by Crippen LogP contribution is -2.40. The highest BCUT2D eigenvalue weighted by atomic mass is 35.5. The van der Waals surface area contributed by atoms with E-state index in [9.17, 15) is 9.59 Å². The Bertz CT molecular complexity index is 511. The molecule has 7 heteroatoms. The molecule has 1 aromatic carbocycles. The predicted octanol–water partition coefficient (Wildman–Crippen LogP) is 1.96. The summed E-state index contributed by atoms with van der Waals surface area (Å²) in [5.74, 6) is -1.78. The molecule has 0 saturated carbocycles. The summed E-state index contributed by atoms with van der Waals surface area (Å²) in [5.41, 5.74) is 0.617. The van der Waals surface area contributed by atoms with Crippen molar-refractivity contribution in [2.75, 3.05) is 6.61 Å². The molecular weight excluding hydrogens is 305 g/mol. The van der Waals surface area contributed by atoms with Gasteiger partial charge in [-0.15, -0.1) is 0 Å². The SMILES string of the molecule is O=C(/C=C/c1cc(Cl)cc(Cl)c1)N[C@H](CCO)C(=O)O. The van der Waals surface area contributed by atoms with Gasteiger partial charge in [-0.25, -0.2) is 4.79 Å². The topological polar surface area (TPSA) is 86.6 Å². The molecule has 0 saturated heterocycles. The molecule has 0 spiro atoms.